The number of hydrogen-bond donors (Lipinski definition) is 2. The molecule has 3 rings (SSSR count). The summed E-state index contributed by atoms with van der Waals surface area (Å²) in [5, 5.41) is 7.64. The zero-order valence-electron chi connectivity index (χ0n) is 15.4. The van der Waals surface area contributed by atoms with Gasteiger partial charge in [0.1, 0.15) is 6.61 Å². The summed E-state index contributed by atoms with van der Waals surface area (Å²) in [6.07, 6.45) is 4.80. The molecule has 9 heteroatoms. The van der Waals surface area contributed by atoms with Crippen LogP contribution in [0.15, 0.2) is 60.8 Å². The Hall–Kier alpha value is -2.83. The molecule has 0 aliphatic heterocycles. The Bertz CT molecular complexity index is 1060. The van der Waals surface area contributed by atoms with Gasteiger partial charge >= 0.3 is 8.25 Å². The second-order valence-electron chi connectivity index (χ2n) is 6.11. The molecule has 2 aromatic carbocycles. The maximum absolute atomic E-state index is 12.3. The van der Waals surface area contributed by atoms with Crippen molar-refractivity contribution in [2.45, 2.75) is 6.61 Å². The Morgan fingerprint density at radius 1 is 1.31 bits per heavy atom. The van der Waals surface area contributed by atoms with Crippen LogP contribution in [0.4, 0.5) is 5.69 Å². The molecule has 3 aromatic rings. The quantitative estimate of drug-likeness (QED) is 0.423. The van der Waals surface area contributed by atoms with E-state index in [2.05, 4.69) is 14.9 Å². The summed E-state index contributed by atoms with van der Waals surface area (Å²) in [4.78, 5) is 20.9. The molecule has 0 aliphatic rings. The van der Waals surface area contributed by atoms with Crippen LogP contribution in [0.1, 0.15) is 11.1 Å². The lowest BCUT2D eigenvalue weighted by Gasteiger charge is -2.05. The second kappa shape index (κ2) is 9.58. The third-order valence-corrected chi connectivity index (χ3v) is 4.63. The van der Waals surface area contributed by atoms with Gasteiger partial charge in [-0.05, 0) is 35.9 Å². The number of nitrogens with one attached hydrogen (secondary N) is 1. The highest BCUT2D eigenvalue weighted by molar-refractivity contribution is 7.32. The minimum absolute atomic E-state index is 0.0210. The maximum Gasteiger partial charge on any atom is 0.695 e. The molecule has 1 heterocycles. The Morgan fingerprint density at radius 2 is 2.07 bits per heavy atom. The van der Waals surface area contributed by atoms with E-state index in [4.69, 9.17) is 16.5 Å². The molecule has 1 aromatic heterocycles. The molecule has 1 amide bonds. The van der Waals surface area contributed by atoms with Crippen molar-refractivity contribution in [3.8, 4) is 11.3 Å². The van der Waals surface area contributed by atoms with E-state index >= 15 is 0 Å². The summed E-state index contributed by atoms with van der Waals surface area (Å²) in [6.45, 7) is 0.0210. The molecule has 0 saturated heterocycles. The highest BCUT2D eigenvalue weighted by Crippen LogP contribution is 2.26. The van der Waals surface area contributed by atoms with E-state index in [1.54, 1.807) is 47.3 Å². The number of benzene rings is 2. The van der Waals surface area contributed by atoms with Gasteiger partial charge in [-0.25, -0.2) is 0 Å². The monoisotopic (exact) mass is 430 g/mol. The Morgan fingerprint density at radius 3 is 2.76 bits per heavy atom. The largest absolute Gasteiger partial charge is 0.695 e. The third-order valence-electron chi connectivity index (χ3n) is 4.04. The Balaban J connectivity index is 1.68. The van der Waals surface area contributed by atoms with Crippen LogP contribution >= 0.6 is 19.9 Å². The predicted octanol–water partition coefficient (Wildman–Crippen LogP) is 4.56. The number of anilines is 1. The SMILES string of the molecule is Cn1ncc(C=CC(=O)Nc2ccc(CO[P+](=O)O)cc2)c1-c1cccc(Cl)c1. The molecule has 0 saturated carbocycles. The zero-order chi connectivity index (χ0) is 20.8. The van der Waals surface area contributed by atoms with E-state index in [9.17, 15) is 9.36 Å². The van der Waals surface area contributed by atoms with Gasteiger partial charge in [0.2, 0.25) is 5.91 Å². The number of carbonyl (C=O) groups is 1. The minimum atomic E-state index is -2.64. The highest BCUT2D eigenvalue weighted by Gasteiger charge is 2.12. The molecule has 2 N–H and O–H groups in total. The zero-order valence-corrected chi connectivity index (χ0v) is 17.1. The van der Waals surface area contributed by atoms with Gasteiger partial charge in [-0.2, -0.15) is 5.10 Å². The first-order valence-corrected chi connectivity index (χ1v) is 10.1. The summed E-state index contributed by atoms with van der Waals surface area (Å²) in [5.41, 5.74) is 3.86. The van der Waals surface area contributed by atoms with Crippen molar-refractivity contribution in [1.82, 2.24) is 9.78 Å². The molecule has 0 aliphatic carbocycles. The molecule has 1 unspecified atom stereocenters. The van der Waals surface area contributed by atoms with Gasteiger partial charge in [0, 0.05) is 39.5 Å². The summed E-state index contributed by atoms with van der Waals surface area (Å²) in [7, 11) is -0.810. The molecule has 7 nitrogen and oxygen atoms in total. The van der Waals surface area contributed by atoms with Crippen LogP contribution in [0.2, 0.25) is 5.02 Å². The van der Waals surface area contributed by atoms with Crippen molar-refractivity contribution >= 4 is 37.5 Å². The molecule has 29 heavy (non-hydrogen) atoms. The van der Waals surface area contributed by atoms with E-state index in [1.165, 1.54) is 6.08 Å². The van der Waals surface area contributed by atoms with Crippen molar-refractivity contribution in [3.05, 3.63) is 77.0 Å². The lowest BCUT2D eigenvalue weighted by atomic mass is 10.1. The Labute approximate surface area is 173 Å². The molecule has 0 radical (unpaired) electrons. The maximum atomic E-state index is 12.3. The smallest absolute Gasteiger partial charge is 0.323 e. The molecular formula is C20H18ClN3O4P+. The first-order valence-electron chi connectivity index (χ1n) is 8.57. The van der Waals surface area contributed by atoms with Crippen LogP contribution in [0.5, 0.6) is 0 Å². The fraction of sp³-hybridized carbons (Fsp3) is 0.100. The van der Waals surface area contributed by atoms with E-state index in [1.807, 2.05) is 25.2 Å². The number of aryl methyl sites for hydroxylation is 1. The molecule has 0 fully saturated rings. The molecular weight excluding hydrogens is 413 g/mol. The van der Waals surface area contributed by atoms with Crippen molar-refractivity contribution in [1.29, 1.82) is 0 Å². The molecule has 0 spiro atoms. The number of carbonyl (C=O) groups excluding carboxylic acids is 1. The number of rotatable bonds is 7. The lowest BCUT2D eigenvalue weighted by Crippen LogP contribution is -2.07. The average molecular weight is 431 g/mol. The average Bonchev–Trinajstić information content (AvgIpc) is 3.06. The highest BCUT2D eigenvalue weighted by atomic mass is 35.5. The van der Waals surface area contributed by atoms with Crippen molar-refractivity contribution in [2.75, 3.05) is 5.32 Å². The van der Waals surface area contributed by atoms with E-state index in [-0.39, 0.29) is 12.5 Å². The summed E-state index contributed by atoms with van der Waals surface area (Å²) in [6, 6.07) is 14.2. The molecule has 1 atom stereocenters. The first kappa shape index (κ1) is 20.9. The van der Waals surface area contributed by atoms with Gasteiger partial charge in [-0.15, -0.1) is 9.42 Å². The Kier molecular flexibility index (Phi) is 6.90. The van der Waals surface area contributed by atoms with Crippen LogP contribution in [-0.4, -0.2) is 20.6 Å². The van der Waals surface area contributed by atoms with Crippen LogP contribution in [-0.2, 0) is 27.5 Å². The predicted molar refractivity (Wildman–Crippen MR) is 112 cm³/mol. The van der Waals surface area contributed by atoms with Gasteiger partial charge in [0.25, 0.3) is 0 Å². The van der Waals surface area contributed by atoms with Gasteiger partial charge in [-0.1, -0.05) is 35.9 Å². The molecule has 148 valence electrons. The summed E-state index contributed by atoms with van der Waals surface area (Å²) < 4.78 is 16.9. The van der Waals surface area contributed by atoms with Gasteiger partial charge in [0.05, 0.1) is 11.9 Å². The number of hydrogen-bond acceptors (Lipinski definition) is 4. The van der Waals surface area contributed by atoms with Crippen LogP contribution in [0.3, 0.4) is 0 Å². The first-order chi connectivity index (χ1) is 13.9. The van der Waals surface area contributed by atoms with E-state index in [0.717, 1.165) is 22.4 Å². The summed E-state index contributed by atoms with van der Waals surface area (Å²) >= 11 is 6.08. The standard InChI is InChI=1S/C20H17ClN3O4P/c1-24-20(15-3-2-4-17(21)11-15)16(12-22-24)7-10-19(25)23-18-8-5-14(6-9-18)13-28-29(26)27/h2-12H,13H2,1H3,(H-,23,25,26,27)/p+1. The normalized spacial score (nSPS) is 11.6. The fourth-order valence-electron chi connectivity index (χ4n) is 2.73. The van der Waals surface area contributed by atoms with Crippen LogP contribution < -0.4 is 5.32 Å². The fourth-order valence-corrected chi connectivity index (χ4v) is 3.18. The topological polar surface area (TPSA) is 93.5 Å². The summed E-state index contributed by atoms with van der Waals surface area (Å²) in [5.74, 6) is -0.298. The number of nitrogens with zero attached hydrogens (tertiary/aromatic N) is 2. The third kappa shape index (κ3) is 5.82. The number of amides is 1. The van der Waals surface area contributed by atoms with Crippen LogP contribution in [0, 0.1) is 0 Å². The van der Waals surface area contributed by atoms with Crippen molar-refractivity contribution in [3.63, 3.8) is 0 Å². The van der Waals surface area contributed by atoms with E-state index < -0.39 is 8.25 Å². The lowest BCUT2D eigenvalue weighted by molar-refractivity contribution is -0.111. The van der Waals surface area contributed by atoms with Gasteiger partial charge in [-0.3, -0.25) is 9.48 Å². The molecule has 0 bridgehead atoms. The minimum Gasteiger partial charge on any atom is -0.323 e. The second-order valence-corrected chi connectivity index (χ2v) is 7.28. The van der Waals surface area contributed by atoms with E-state index in [0.29, 0.717) is 10.7 Å². The van der Waals surface area contributed by atoms with Gasteiger partial charge in [0.15, 0.2) is 0 Å². The number of halogens is 1. The number of aromatic nitrogens is 2. The van der Waals surface area contributed by atoms with Gasteiger partial charge < -0.3 is 5.32 Å². The van der Waals surface area contributed by atoms with Crippen molar-refractivity contribution < 1.29 is 18.8 Å². The van der Waals surface area contributed by atoms with Crippen molar-refractivity contribution in [2.24, 2.45) is 7.05 Å². The van der Waals surface area contributed by atoms with Crippen LogP contribution in [0.25, 0.3) is 17.3 Å².